The Hall–Kier alpha value is -3.46. The molecule has 35 heavy (non-hydrogen) atoms. The smallest absolute Gasteiger partial charge is 0.257 e. The Morgan fingerprint density at radius 2 is 1.89 bits per heavy atom. The predicted octanol–water partition coefficient (Wildman–Crippen LogP) is 3.08. The number of amides is 3. The van der Waals surface area contributed by atoms with Crippen molar-refractivity contribution in [1.82, 2.24) is 14.8 Å². The van der Waals surface area contributed by atoms with Gasteiger partial charge in [0, 0.05) is 69.3 Å². The fourth-order valence-electron chi connectivity index (χ4n) is 4.04. The summed E-state index contributed by atoms with van der Waals surface area (Å²) >= 11 is 0. The molecule has 1 aromatic carbocycles. The number of likely N-dealkylation sites (N-methyl/N-ethyl adjacent to an activating group) is 1. The van der Waals surface area contributed by atoms with Gasteiger partial charge in [-0.1, -0.05) is 13.8 Å². The standard InChI is InChI=1S/C26H34N4O5/c1-6-24(31)28-20-7-8-21-22(13-20)35-16-18(3)30(25(32)19-9-11-27-12-10-19)14-17(2)23(34-5)15-29(4)26(21)33/h7-13,17-18,23H,6,14-16H2,1-5H3,(H,28,31)/t17-,18+,23+/m0/s1. The summed E-state index contributed by atoms with van der Waals surface area (Å²) in [5, 5.41) is 2.80. The quantitative estimate of drug-likeness (QED) is 0.719. The van der Waals surface area contributed by atoms with E-state index < -0.39 is 0 Å². The molecule has 2 heterocycles. The average Bonchev–Trinajstić information content (AvgIpc) is 2.87. The van der Waals surface area contributed by atoms with Gasteiger partial charge in [0.05, 0.1) is 17.7 Å². The Morgan fingerprint density at radius 3 is 2.54 bits per heavy atom. The van der Waals surface area contributed by atoms with Gasteiger partial charge in [-0.3, -0.25) is 19.4 Å². The Kier molecular flexibility index (Phi) is 8.81. The van der Waals surface area contributed by atoms with Gasteiger partial charge in [-0.25, -0.2) is 0 Å². The molecule has 3 atom stereocenters. The molecule has 1 aromatic heterocycles. The van der Waals surface area contributed by atoms with Crippen LogP contribution in [-0.2, 0) is 9.53 Å². The van der Waals surface area contributed by atoms with E-state index in [9.17, 15) is 14.4 Å². The number of carbonyl (C=O) groups is 3. The van der Waals surface area contributed by atoms with Crippen LogP contribution in [0.5, 0.6) is 5.75 Å². The maximum Gasteiger partial charge on any atom is 0.257 e. The highest BCUT2D eigenvalue weighted by Crippen LogP contribution is 2.27. The molecule has 188 valence electrons. The summed E-state index contributed by atoms with van der Waals surface area (Å²) in [6.07, 6.45) is 3.24. The molecule has 3 amide bonds. The van der Waals surface area contributed by atoms with E-state index in [-0.39, 0.29) is 42.4 Å². The summed E-state index contributed by atoms with van der Waals surface area (Å²) in [4.78, 5) is 46.0. The first-order chi connectivity index (χ1) is 16.7. The van der Waals surface area contributed by atoms with Crippen LogP contribution < -0.4 is 10.1 Å². The number of hydrogen-bond acceptors (Lipinski definition) is 6. The first kappa shape index (κ1) is 26.2. The lowest BCUT2D eigenvalue weighted by atomic mass is 10.0. The fourth-order valence-corrected chi connectivity index (χ4v) is 4.04. The third-order valence-corrected chi connectivity index (χ3v) is 6.24. The zero-order chi connectivity index (χ0) is 25.5. The highest BCUT2D eigenvalue weighted by molar-refractivity contribution is 5.98. The number of pyridine rings is 1. The number of fused-ring (bicyclic) bond motifs is 1. The van der Waals surface area contributed by atoms with Crippen LogP contribution in [0, 0.1) is 5.92 Å². The van der Waals surface area contributed by atoms with Gasteiger partial charge in [-0.05, 0) is 31.2 Å². The molecule has 0 spiro atoms. The van der Waals surface area contributed by atoms with Gasteiger partial charge in [-0.2, -0.15) is 0 Å². The minimum Gasteiger partial charge on any atom is -0.491 e. The minimum atomic E-state index is -0.301. The molecular formula is C26H34N4O5. The molecule has 3 rings (SSSR count). The van der Waals surface area contributed by atoms with Gasteiger partial charge in [0.25, 0.3) is 11.8 Å². The molecule has 0 saturated carbocycles. The molecule has 0 unspecified atom stereocenters. The molecule has 9 nitrogen and oxygen atoms in total. The van der Waals surface area contributed by atoms with Crippen LogP contribution in [0.15, 0.2) is 42.7 Å². The van der Waals surface area contributed by atoms with Crippen LogP contribution in [0.25, 0.3) is 0 Å². The second-order valence-electron chi connectivity index (χ2n) is 8.90. The van der Waals surface area contributed by atoms with E-state index in [2.05, 4.69) is 10.3 Å². The van der Waals surface area contributed by atoms with Crippen LogP contribution >= 0.6 is 0 Å². The molecule has 9 heteroatoms. The molecule has 1 aliphatic heterocycles. The van der Waals surface area contributed by atoms with Crippen molar-refractivity contribution in [3.63, 3.8) is 0 Å². The van der Waals surface area contributed by atoms with Crippen molar-refractivity contribution in [1.29, 1.82) is 0 Å². The normalized spacial score (nSPS) is 21.3. The van der Waals surface area contributed by atoms with Gasteiger partial charge in [0.1, 0.15) is 12.4 Å². The number of methoxy groups -OCH3 is 1. The summed E-state index contributed by atoms with van der Waals surface area (Å²) in [5.74, 6) is -0.173. The van der Waals surface area contributed by atoms with Crippen LogP contribution in [0.3, 0.4) is 0 Å². The van der Waals surface area contributed by atoms with E-state index in [4.69, 9.17) is 9.47 Å². The first-order valence-corrected chi connectivity index (χ1v) is 11.8. The third-order valence-electron chi connectivity index (χ3n) is 6.24. The van der Waals surface area contributed by atoms with E-state index in [0.717, 1.165) is 0 Å². The van der Waals surface area contributed by atoms with E-state index in [1.807, 2.05) is 13.8 Å². The lowest BCUT2D eigenvalue weighted by Gasteiger charge is -2.36. The van der Waals surface area contributed by atoms with Crippen LogP contribution in [0.1, 0.15) is 47.9 Å². The second kappa shape index (κ2) is 11.8. The number of rotatable bonds is 4. The number of benzene rings is 1. The molecule has 1 N–H and O–H groups in total. The lowest BCUT2D eigenvalue weighted by Crippen LogP contribution is -2.48. The highest BCUT2D eigenvalue weighted by Gasteiger charge is 2.30. The van der Waals surface area contributed by atoms with Crippen molar-refractivity contribution in [2.45, 2.75) is 39.3 Å². The number of anilines is 1. The molecule has 0 bridgehead atoms. The Bertz CT molecular complexity index is 1050. The summed E-state index contributed by atoms with van der Waals surface area (Å²) in [5.41, 5.74) is 1.46. The van der Waals surface area contributed by atoms with Crippen molar-refractivity contribution in [2.24, 2.45) is 5.92 Å². The highest BCUT2D eigenvalue weighted by atomic mass is 16.5. The van der Waals surface area contributed by atoms with Gasteiger partial charge in [0.15, 0.2) is 0 Å². The topological polar surface area (TPSA) is 101 Å². The second-order valence-corrected chi connectivity index (χ2v) is 8.90. The van der Waals surface area contributed by atoms with Crippen LogP contribution in [-0.4, -0.2) is 78.5 Å². The molecule has 0 fully saturated rings. The number of nitrogens with one attached hydrogen (secondary N) is 1. The van der Waals surface area contributed by atoms with E-state index >= 15 is 0 Å². The molecule has 2 aromatic rings. The van der Waals surface area contributed by atoms with E-state index in [1.165, 1.54) is 0 Å². The van der Waals surface area contributed by atoms with Crippen molar-refractivity contribution < 1.29 is 23.9 Å². The van der Waals surface area contributed by atoms with Crippen LogP contribution in [0.2, 0.25) is 0 Å². The van der Waals surface area contributed by atoms with E-state index in [0.29, 0.717) is 42.1 Å². The van der Waals surface area contributed by atoms with Gasteiger partial charge in [0.2, 0.25) is 5.91 Å². The number of carbonyl (C=O) groups excluding carboxylic acids is 3. The Balaban J connectivity index is 1.99. The lowest BCUT2D eigenvalue weighted by molar-refractivity contribution is -0.115. The molecular weight excluding hydrogens is 448 g/mol. The van der Waals surface area contributed by atoms with Gasteiger partial charge >= 0.3 is 0 Å². The monoisotopic (exact) mass is 482 g/mol. The fraction of sp³-hybridized carbons (Fsp3) is 0.462. The number of ether oxygens (including phenoxy) is 2. The summed E-state index contributed by atoms with van der Waals surface area (Å²) in [7, 11) is 3.33. The predicted molar refractivity (Wildman–Crippen MR) is 133 cm³/mol. The largest absolute Gasteiger partial charge is 0.491 e. The maximum atomic E-state index is 13.4. The van der Waals surface area contributed by atoms with Gasteiger partial charge < -0.3 is 24.6 Å². The third kappa shape index (κ3) is 6.36. The number of aromatic nitrogens is 1. The number of nitrogens with zero attached hydrogens (tertiary/aromatic N) is 3. The zero-order valence-electron chi connectivity index (χ0n) is 21.0. The van der Waals surface area contributed by atoms with Crippen molar-refractivity contribution in [3.05, 3.63) is 53.9 Å². The summed E-state index contributed by atoms with van der Waals surface area (Å²) < 4.78 is 11.9. The molecule has 1 aliphatic rings. The van der Waals surface area contributed by atoms with Crippen molar-refractivity contribution in [2.75, 3.05) is 39.2 Å². The first-order valence-electron chi connectivity index (χ1n) is 11.8. The average molecular weight is 483 g/mol. The Morgan fingerprint density at radius 1 is 1.17 bits per heavy atom. The summed E-state index contributed by atoms with van der Waals surface area (Å²) in [6.45, 7) is 6.62. The van der Waals surface area contributed by atoms with Crippen molar-refractivity contribution in [3.8, 4) is 5.75 Å². The number of hydrogen-bond donors (Lipinski definition) is 1. The minimum absolute atomic E-state index is 0.0472. The van der Waals surface area contributed by atoms with E-state index in [1.54, 1.807) is 73.6 Å². The Labute approximate surface area is 206 Å². The van der Waals surface area contributed by atoms with Gasteiger partial charge in [-0.15, -0.1) is 0 Å². The van der Waals surface area contributed by atoms with Crippen molar-refractivity contribution >= 4 is 23.4 Å². The molecule has 0 aliphatic carbocycles. The molecule has 0 radical (unpaired) electrons. The maximum absolute atomic E-state index is 13.4. The summed E-state index contributed by atoms with van der Waals surface area (Å²) in [6, 6.07) is 8.07. The zero-order valence-corrected chi connectivity index (χ0v) is 21.0. The SMILES string of the molecule is CCC(=O)Nc1ccc2c(c1)OC[C@@H](C)N(C(=O)c1ccncc1)C[C@H](C)[C@H](OC)CN(C)C2=O. The van der Waals surface area contributed by atoms with Crippen LogP contribution in [0.4, 0.5) is 5.69 Å². The molecule has 0 saturated heterocycles.